The van der Waals surface area contributed by atoms with Crippen LogP contribution in [0.1, 0.15) is 51.7 Å². The molecule has 1 aliphatic rings. The fourth-order valence-electron chi connectivity index (χ4n) is 2.45. The van der Waals surface area contributed by atoms with Crippen molar-refractivity contribution in [2.24, 2.45) is 0 Å². The van der Waals surface area contributed by atoms with Crippen LogP contribution in [0.15, 0.2) is 18.2 Å². The van der Waals surface area contributed by atoms with Crippen molar-refractivity contribution in [3.8, 4) is 11.5 Å². The maximum atomic E-state index is 10.1. The lowest BCUT2D eigenvalue weighted by Gasteiger charge is -2.35. The number of aliphatic hydroxyl groups is 1. The van der Waals surface area contributed by atoms with Crippen molar-refractivity contribution in [3.63, 3.8) is 0 Å². The number of hydrogen-bond donors (Lipinski definition) is 1. The van der Waals surface area contributed by atoms with Crippen LogP contribution < -0.4 is 9.47 Å². The largest absolute Gasteiger partial charge is 0.491 e. The zero-order valence-corrected chi connectivity index (χ0v) is 13.2. The second kappa shape index (κ2) is 7.14. The van der Waals surface area contributed by atoms with Crippen molar-refractivity contribution in [1.82, 2.24) is 0 Å². The van der Waals surface area contributed by atoms with Gasteiger partial charge in [-0.15, -0.1) is 0 Å². The summed E-state index contributed by atoms with van der Waals surface area (Å²) in [4.78, 5) is 0. The molecule has 1 unspecified atom stereocenters. The van der Waals surface area contributed by atoms with Crippen LogP contribution in [0.2, 0.25) is 0 Å². The van der Waals surface area contributed by atoms with E-state index in [4.69, 9.17) is 14.2 Å². The molecule has 4 nitrogen and oxygen atoms in total. The van der Waals surface area contributed by atoms with E-state index in [9.17, 15) is 5.11 Å². The Morgan fingerprint density at radius 3 is 2.86 bits per heavy atom. The summed E-state index contributed by atoms with van der Waals surface area (Å²) < 4.78 is 17.0. The summed E-state index contributed by atoms with van der Waals surface area (Å²) in [6.45, 7) is 8.00. The Hall–Kier alpha value is -1.26. The predicted molar refractivity (Wildman–Crippen MR) is 81.9 cm³/mol. The van der Waals surface area contributed by atoms with Crippen molar-refractivity contribution in [2.75, 3.05) is 19.8 Å². The molecule has 1 N–H and O–H groups in total. The Labute approximate surface area is 127 Å². The van der Waals surface area contributed by atoms with Gasteiger partial charge in [-0.25, -0.2) is 0 Å². The molecule has 1 aromatic carbocycles. The summed E-state index contributed by atoms with van der Waals surface area (Å²) in [5.41, 5.74) is 0.481. The minimum Gasteiger partial charge on any atom is -0.491 e. The van der Waals surface area contributed by atoms with Gasteiger partial charge in [0.25, 0.3) is 0 Å². The molecule has 2 rings (SSSR count). The highest BCUT2D eigenvalue weighted by molar-refractivity contribution is 5.43. The van der Waals surface area contributed by atoms with Crippen molar-refractivity contribution in [2.45, 2.75) is 51.7 Å². The van der Waals surface area contributed by atoms with E-state index in [2.05, 4.69) is 6.92 Å². The van der Waals surface area contributed by atoms with Gasteiger partial charge in [0.2, 0.25) is 0 Å². The standard InChI is InChI=1S/C17H26O4/c1-4-5-8-19-9-10-20-13-6-7-14-15(18)12-17(2,3)21-16(14)11-13/h6-7,11,15,18H,4-5,8-10,12H2,1-3H3. The lowest BCUT2D eigenvalue weighted by Crippen LogP contribution is -2.34. The summed E-state index contributed by atoms with van der Waals surface area (Å²) in [5, 5.41) is 10.1. The molecule has 0 bridgehead atoms. The first-order chi connectivity index (χ1) is 10.0. The highest BCUT2D eigenvalue weighted by atomic mass is 16.5. The average molecular weight is 294 g/mol. The predicted octanol–water partition coefficient (Wildman–Crippen LogP) is 3.48. The van der Waals surface area contributed by atoms with Crippen LogP contribution in [0.5, 0.6) is 11.5 Å². The Kier molecular flexibility index (Phi) is 5.48. The number of aliphatic hydroxyl groups excluding tert-OH is 1. The number of hydrogen-bond acceptors (Lipinski definition) is 4. The van der Waals surface area contributed by atoms with E-state index >= 15 is 0 Å². The molecule has 21 heavy (non-hydrogen) atoms. The smallest absolute Gasteiger partial charge is 0.129 e. The van der Waals surface area contributed by atoms with Gasteiger partial charge in [0.15, 0.2) is 0 Å². The molecule has 1 heterocycles. The lowest BCUT2D eigenvalue weighted by atomic mass is 9.92. The van der Waals surface area contributed by atoms with Crippen LogP contribution in [-0.4, -0.2) is 30.5 Å². The molecule has 1 aliphatic heterocycles. The van der Waals surface area contributed by atoms with Crippen LogP contribution in [0.4, 0.5) is 0 Å². The monoisotopic (exact) mass is 294 g/mol. The molecule has 0 aromatic heterocycles. The van der Waals surface area contributed by atoms with E-state index in [-0.39, 0.29) is 5.60 Å². The Bertz CT molecular complexity index is 456. The average Bonchev–Trinajstić information content (AvgIpc) is 2.41. The highest BCUT2D eigenvalue weighted by Crippen LogP contribution is 2.40. The number of ether oxygens (including phenoxy) is 3. The molecule has 118 valence electrons. The van der Waals surface area contributed by atoms with Gasteiger partial charge in [-0.1, -0.05) is 13.3 Å². The number of benzene rings is 1. The second-order valence-electron chi connectivity index (χ2n) is 6.10. The first kappa shape index (κ1) is 16.1. The zero-order chi connectivity index (χ0) is 15.3. The molecular weight excluding hydrogens is 268 g/mol. The maximum absolute atomic E-state index is 10.1. The summed E-state index contributed by atoms with van der Waals surface area (Å²) in [7, 11) is 0. The lowest BCUT2D eigenvalue weighted by molar-refractivity contribution is 0.0112. The van der Waals surface area contributed by atoms with Gasteiger partial charge in [0.05, 0.1) is 12.7 Å². The van der Waals surface area contributed by atoms with E-state index in [0.29, 0.717) is 25.4 Å². The molecule has 0 spiro atoms. The molecule has 4 heteroatoms. The molecule has 0 aliphatic carbocycles. The summed E-state index contributed by atoms with van der Waals surface area (Å²) in [6.07, 6.45) is 2.35. The third kappa shape index (κ3) is 4.61. The topological polar surface area (TPSA) is 47.9 Å². The van der Waals surface area contributed by atoms with Gasteiger partial charge < -0.3 is 19.3 Å². The molecule has 0 amide bonds. The fourth-order valence-corrected chi connectivity index (χ4v) is 2.45. The first-order valence-corrected chi connectivity index (χ1v) is 7.73. The third-order valence-electron chi connectivity index (χ3n) is 3.55. The summed E-state index contributed by atoms with van der Waals surface area (Å²) >= 11 is 0. The van der Waals surface area contributed by atoms with Gasteiger partial charge in [0, 0.05) is 24.7 Å². The second-order valence-corrected chi connectivity index (χ2v) is 6.10. The first-order valence-electron chi connectivity index (χ1n) is 7.73. The normalized spacial score (nSPS) is 19.7. The minimum atomic E-state index is -0.477. The molecule has 1 atom stereocenters. The molecule has 0 fully saturated rings. The van der Waals surface area contributed by atoms with Crippen LogP contribution >= 0.6 is 0 Å². The van der Waals surface area contributed by atoms with Crippen molar-refractivity contribution in [1.29, 1.82) is 0 Å². The third-order valence-corrected chi connectivity index (χ3v) is 3.55. The minimum absolute atomic E-state index is 0.353. The van der Waals surface area contributed by atoms with Gasteiger partial charge in [-0.2, -0.15) is 0 Å². The fraction of sp³-hybridized carbons (Fsp3) is 0.647. The van der Waals surface area contributed by atoms with Gasteiger partial charge in [-0.05, 0) is 32.4 Å². The van der Waals surface area contributed by atoms with Gasteiger partial charge >= 0.3 is 0 Å². The summed E-state index contributed by atoms with van der Waals surface area (Å²) in [5.74, 6) is 1.46. The zero-order valence-electron chi connectivity index (χ0n) is 13.2. The molecule has 0 saturated carbocycles. The van der Waals surface area contributed by atoms with E-state index in [1.807, 2.05) is 32.0 Å². The van der Waals surface area contributed by atoms with Gasteiger partial charge in [-0.3, -0.25) is 0 Å². The van der Waals surface area contributed by atoms with Crippen LogP contribution in [-0.2, 0) is 4.74 Å². The Morgan fingerprint density at radius 1 is 1.29 bits per heavy atom. The van der Waals surface area contributed by atoms with E-state index in [1.165, 1.54) is 0 Å². The van der Waals surface area contributed by atoms with Crippen LogP contribution in [0, 0.1) is 0 Å². The van der Waals surface area contributed by atoms with Crippen molar-refractivity contribution in [3.05, 3.63) is 23.8 Å². The van der Waals surface area contributed by atoms with E-state index in [0.717, 1.165) is 30.8 Å². The summed E-state index contributed by atoms with van der Waals surface area (Å²) in [6, 6.07) is 5.60. The van der Waals surface area contributed by atoms with Crippen molar-refractivity contribution >= 4 is 0 Å². The maximum Gasteiger partial charge on any atom is 0.129 e. The van der Waals surface area contributed by atoms with Crippen LogP contribution in [0.3, 0.4) is 0 Å². The van der Waals surface area contributed by atoms with Crippen molar-refractivity contribution < 1.29 is 19.3 Å². The number of fused-ring (bicyclic) bond motifs is 1. The quantitative estimate of drug-likeness (QED) is 0.782. The molecule has 1 aromatic rings. The van der Waals surface area contributed by atoms with E-state index < -0.39 is 6.10 Å². The molecular formula is C17H26O4. The van der Waals surface area contributed by atoms with E-state index in [1.54, 1.807) is 0 Å². The Balaban J connectivity index is 1.89. The number of rotatable bonds is 7. The van der Waals surface area contributed by atoms with Crippen LogP contribution in [0.25, 0.3) is 0 Å². The molecule has 0 radical (unpaired) electrons. The number of unbranched alkanes of at least 4 members (excludes halogenated alkanes) is 1. The Morgan fingerprint density at radius 2 is 2.10 bits per heavy atom. The SMILES string of the molecule is CCCCOCCOc1ccc2c(c1)OC(C)(C)CC2O. The molecule has 0 saturated heterocycles. The van der Waals surface area contributed by atoms with Gasteiger partial charge in [0.1, 0.15) is 23.7 Å². The highest BCUT2D eigenvalue weighted by Gasteiger charge is 2.32.